The molecule has 0 aliphatic rings. The Kier molecular flexibility index (Phi) is 5.56. The standard InChI is InChI=1S/C14H21F2N/c1-4-17-14(10(2)3)8-5-11-9-12(15)6-7-13(11)16/h6-7,9-10,14,17H,4-5,8H2,1-3H3. The van der Waals surface area contributed by atoms with Gasteiger partial charge in [-0.3, -0.25) is 0 Å². The Labute approximate surface area is 102 Å². The van der Waals surface area contributed by atoms with Gasteiger partial charge in [-0.25, -0.2) is 8.78 Å². The molecule has 0 amide bonds. The van der Waals surface area contributed by atoms with Crippen LogP contribution in [-0.4, -0.2) is 12.6 Å². The van der Waals surface area contributed by atoms with E-state index in [0.717, 1.165) is 19.0 Å². The van der Waals surface area contributed by atoms with E-state index in [0.29, 0.717) is 23.9 Å². The van der Waals surface area contributed by atoms with Crippen molar-refractivity contribution >= 4 is 0 Å². The van der Waals surface area contributed by atoms with E-state index in [9.17, 15) is 8.78 Å². The predicted octanol–water partition coefficient (Wildman–Crippen LogP) is 3.53. The molecule has 0 saturated carbocycles. The molecule has 1 nitrogen and oxygen atoms in total. The fourth-order valence-corrected chi connectivity index (χ4v) is 1.98. The highest BCUT2D eigenvalue weighted by Crippen LogP contribution is 2.15. The van der Waals surface area contributed by atoms with E-state index < -0.39 is 0 Å². The van der Waals surface area contributed by atoms with Crippen LogP contribution in [0.2, 0.25) is 0 Å². The first-order valence-corrected chi connectivity index (χ1v) is 6.22. The van der Waals surface area contributed by atoms with E-state index in [1.54, 1.807) is 0 Å². The zero-order valence-corrected chi connectivity index (χ0v) is 10.8. The predicted molar refractivity (Wildman–Crippen MR) is 67.0 cm³/mol. The Bertz CT molecular complexity index is 350. The second-order valence-electron chi connectivity index (χ2n) is 4.68. The Morgan fingerprint density at radius 2 is 1.94 bits per heavy atom. The summed E-state index contributed by atoms with van der Waals surface area (Å²) in [5, 5.41) is 3.37. The van der Waals surface area contributed by atoms with Crippen LogP contribution in [0.15, 0.2) is 18.2 Å². The summed E-state index contributed by atoms with van der Waals surface area (Å²) in [7, 11) is 0. The lowest BCUT2D eigenvalue weighted by molar-refractivity contribution is 0.383. The van der Waals surface area contributed by atoms with Crippen LogP contribution >= 0.6 is 0 Å². The van der Waals surface area contributed by atoms with Gasteiger partial charge in [-0.15, -0.1) is 0 Å². The van der Waals surface area contributed by atoms with E-state index in [4.69, 9.17) is 0 Å². The summed E-state index contributed by atoms with van der Waals surface area (Å²) < 4.78 is 26.4. The first-order valence-electron chi connectivity index (χ1n) is 6.22. The summed E-state index contributed by atoms with van der Waals surface area (Å²) in [5.41, 5.74) is 0.466. The van der Waals surface area contributed by atoms with Crippen molar-refractivity contribution in [2.75, 3.05) is 6.54 Å². The van der Waals surface area contributed by atoms with Gasteiger partial charge in [0.1, 0.15) is 11.6 Å². The van der Waals surface area contributed by atoms with E-state index in [1.807, 2.05) is 0 Å². The molecule has 0 aliphatic carbocycles. The van der Waals surface area contributed by atoms with Crippen LogP contribution in [0.25, 0.3) is 0 Å². The van der Waals surface area contributed by atoms with Crippen LogP contribution in [0.5, 0.6) is 0 Å². The van der Waals surface area contributed by atoms with Crippen LogP contribution in [0.1, 0.15) is 32.8 Å². The summed E-state index contributed by atoms with van der Waals surface area (Å²) in [4.78, 5) is 0. The van der Waals surface area contributed by atoms with Gasteiger partial charge in [-0.05, 0) is 49.1 Å². The number of halogens is 2. The maximum atomic E-state index is 13.4. The molecule has 0 bridgehead atoms. The third-order valence-corrected chi connectivity index (χ3v) is 3.00. The first kappa shape index (κ1) is 14.1. The fraction of sp³-hybridized carbons (Fsp3) is 0.571. The summed E-state index contributed by atoms with van der Waals surface area (Å²) in [6.07, 6.45) is 1.39. The van der Waals surface area contributed by atoms with Crippen LogP contribution in [0.4, 0.5) is 8.78 Å². The van der Waals surface area contributed by atoms with Crippen LogP contribution in [-0.2, 0) is 6.42 Å². The van der Waals surface area contributed by atoms with Crippen LogP contribution in [0, 0.1) is 17.6 Å². The average molecular weight is 241 g/mol. The minimum Gasteiger partial charge on any atom is -0.314 e. The quantitative estimate of drug-likeness (QED) is 0.803. The van der Waals surface area contributed by atoms with Crippen molar-refractivity contribution in [1.29, 1.82) is 0 Å². The topological polar surface area (TPSA) is 12.0 Å². The third-order valence-electron chi connectivity index (χ3n) is 3.00. The van der Waals surface area contributed by atoms with Gasteiger partial charge in [-0.2, -0.15) is 0 Å². The van der Waals surface area contributed by atoms with E-state index in [-0.39, 0.29) is 11.6 Å². The second kappa shape index (κ2) is 6.70. The van der Waals surface area contributed by atoms with Crippen molar-refractivity contribution in [3.05, 3.63) is 35.4 Å². The number of rotatable bonds is 6. The largest absolute Gasteiger partial charge is 0.314 e. The van der Waals surface area contributed by atoms with Gasteiger partial charge in [0.25, 0.3) is 0 Å². The highest BCUT2D eigenvalue weighted by atomic mass is 19.1. The monoisotopic (exact) mass is 241 g/mol. The molecule has 0 fully saturated rings. The summed E-state index contributed by atoms with van der Waals surface area (Å²) in [5.74, 6) is -0.192. The Morgan fingerprint density at radius 1 is 1.24 bits per heavy atom. The summed E-state index contributed by atoms with van der Waals surface area (Å²) in [6, 6.07) is 3.99. The van der Waals surface area contributed by atoms with Crippen molar-refractivity contribution in [3.8, 4) is 0 Å². The van der Waals surface area contributed by atoms with E-state index >= 15 is 0 Å². The fourth-order valence-electron chi connectivity index (χ4n) is 1.98. The lowest BCUT2D eigenvalue weighted by atomic mass is 9.96. The van der Waals surface area contributed by atoms with Crippen molar-refractivity contribution < 1.29 is 8.78 Å². The Hall–Kier alpha value is -0.960. The minimum absolute atomic E-state index is 0.314. The van der Waals surface area contributed by atoms with Crippen molar-refractivity contribution in [3.63, 3.8) is 0 Å². The van der Waals surface area contributed by atoms with Crippen molar-refractivity contribution in [2.24, 2.45) is 5.92 Å². The maximum absolute atomic E-state index is 13.4. The molecular weight excluding hydrogens is 220 g/mol. The molecule has 0 spiro atoms. The zero-order chi connectivity index (χ0) is 12.8. The Balaban J connectivity index is 2.61. The number of nitrogens with one attached hydrogen (secondary N) is 1. The van der Waals surface area contributed by atoms with Gasteiger partial charge in [0, 0.05) is 6.04 Å². The van der Waals surface area contributed by atoms with Crippen LogP contribution < -0.4 is 5.32 Å². The van der Waals surface area contributed by atoms with Crippen molar-refractivity contribution in [1.82, 2.24) is 5.32 Å². The molecule has 17 heavy (non-hydrogen) atoms. The lowest BCUT2D eigenvalue weighted by Gasteiger charge is -2.21. The highest BCUT2D eigenvalue weighted by molar-refractivity contribution is 5.18. The molecule has 1 rings (SSSR count). The van der Waals surface area contributed by atoms with Crippen LogP contribution in [0.3, 0.4) is 0 Å². The molecule has 0 radical (unpaired) electrons. The highest BCUT2D eigenvalue weighted by Gasteiger charge is 2.13. The smallest absolute Gasteiger partial charge is 0.126 e. The molecule has 0 aliphatic heterocycles. The van der Waals surface area contributed by atoms with Crippen molar-refractivity contribution in [2.45, 2.75) is 39.7 Å². The average Bonchev–Trinajstić information content (AvgIpc) is 2.28. The van der Waals surface area contributed by atoms with E-state index in [1.165, 1.54) is 12.1 Å². The van der Waals surface area contributed by atoms with Gasteiger partial charge >= 0.3 is 0 Å². The molecule has 1 aromatic rings. The van der Waals surface area contributed by atoms with Gasteiger partial charge < -0.3 is 5.32 Å². The lowest BCUT2D eigenvalue weighted by Crippen LogP contribution is -2.34. The minimum atomic E-state index is -0.369. The van der Waals surface area contributed by atoms with Gasteiger partial charge in [0.15, 0.2) is 0 Å². The maximum Gasteiger partial charge on any atom is 0.126 e. The molecule has 1 unspecified atom stereocenters. The number of hydrogen-bond acceptors (Lipinski definition) is 1. The molecule has 1 atom stereocenters. The summed E-state index contributed by atoms with van der Waals surface area (Å²) in [6.45, 7) is 7.22. The van der Waals surface area contributed by atoms with E-state index in [2.05, 4.69) is 26.1 Å². The molecular formula is C14H21F2N. The van der Waals surface area contributed by atoms with Gasteiger partial charge in [-0.1, -0.05) is 20.8 Å². The zero-order valence-electron chi connectivity index (χ0n) is 10.8. The molecule has 1 N–H and O–H groups in total. The third kappa shape index (κ3) is 4.43. The number of aryl methyl sites for hydroxylation is 1. The molecule has 0 heterocycles. The molecule has 96 valence electrons. The van der Waals surface area contributed by atoms with Gasteiger partial charge in [0.05, 0.1) is 0 Å². The second-order valence-corrected chi connectivity index (χ2v) is 4.68. The summed E-state index contributed by atoms with van der Waals surface area (Å²) >= 11 is 0. The normalized spacial score (nSPS) is 13.1. The molecule has 3 heteroatoms. The number of benzene rings is 1. The molecule has 0 aromatic heterocycles. The molecule has 0 saturated heterocycles. The molecule has 1 aromatic carbocycles. The SMILES string of the molecule is CCNC(CCc1cc(F)ccc1F)C(C)C. The Morgan fingerprint density at radius 3 is 2.53 bits per heavy atom. The number of hydrogen-bond donors (Lipinski definition) is 1. The van der Waals surface area contributed by atoms with Gasteiger partial charge in [0.2, 0.25) is 0 Å². The first-order chi connectivity index (χ1) is 8.04.